The second-order valence-corrected chi connectivity index (χ2v) is 5.12. The van der Waals surface area contributed by atoms with E-state index in [0.717, 1.165) is 18.4 Å². The average Bonchev–Trinajstić information content (AvgIpc) is 2.38. The number of halogens is 1. The molecule has 3 heteroatoms. The van der Waals surface area contributed by atoms with Crippen LogP contribution < -0.4 is 0 Å². The molecule has 1 unspecified atom stereocenters. The molecule has 0 aliphatic rings. The van der Waals surface area contributed by atoms with E-state index in [1.807, 2.05) is 38.1 Å². The Morgan fingerprint density at radius 2 is 1.89 bits per heavy atom. The number of unbranched alkanes of at least 4 members (excludes halogenated alkanes) is 1. The van der Waals surface area contributed by atoms with Crippen molar-refractivity contribution in [2.75, 3.05) is 6.61 Å². The first kappa shape index (κ1) is 15.0. The Labute approximate surface area is 114 Å². The van der Waals surface area contributed by atoms with Gasteiger partial charge in [-0.2, -0.15) is 0 Å². The molecule has 0 aromatic heterocycles. The highest BCUT2D eigenvalue weighted by Gasteiger charge is 2.34. The van der Waals surface area contributed by atoms with Crippen molar-refractivity contribution in [1.29, 1.82) is 0 Å². The van der Waals surface area contributed by atoms with Crippen LogP contribution in [0, 0.1) is 0 Å². The fourth-order valence-electron chi connectivity index (χ4n) is 1.75. The second kappa shape index (κ2) is 6.79. The van der Waals surface area contributed by atoms with Crippen LogP contribution in [0.25, 0.3) is 0 Å². The minimum Gasteiger partial charge on any atom is -0.465 e. The third-order valence-corrected chi connectivity index (χ3v) is 3.62. The molecule has 1 rings (SSSR count). The smallest absolute Gasteiger partial charge is 0.316 e. The zero-order valence-electron chi connectivity index (χ0n) is 11.3. The van der Waals surface area contributed by atoms with Crippen LogP contribution in [-0.2, 0) is 14.9 Å². The lowest BCUT2D eigenvalue weighted by Crippen LogP contribution is -2.34. The standard InChI is InChI=1S/C15H21ClO2/c1-4-6-11-18-14(17)15(3,5-2)12-7-9-13(16)10-8-12/h7-10H,4-6,11H2,1-3H3. The average molecular weight is 269 g/mol. The summed E-state index contributed by atoms with van der Waals surface area (Å²) < 4.78 is 5.35. The van der Waals surface area contributed by atoms with E-state index in [2.05, 4.69) is 6.92 Å². The predicted octanol–water partition coefficient (Wildman–Crippen LogP) is 4.35. The van der Waals surface area contributed by atoms with Crippen LogP contribution in [0.4, 0.5) is 0 Å². The van der Waals surface area contributed by atoms with E-state index in [-0.39, 0.29) is 5.97 Å². The number of esters is 1. The van der Waals surface area contributed by atoms with Gasteiger partial charge in [0.25, 0.3) is 0 Å². The van der Waals surface area contributed by atoms with Gasteiger partial charge in [0.15, 0.2) is 0 Å². The minimum atomic E-state index is -0.585. The maximum absolute atomic E-state index is 12.2. The normalized spacial score (nSPS) is 14.0. The summed E-state index contributed by atoms with van der Waals surface area (Å²) >= 11 is 5.87. The number of carbonyl (C=O) groups excluding carboxylic acids is 1. The lowest BCUT2D eigenvalue weighted by atomic mass is 9.80. The van der Waals surface area contributed by atoms with E-state index in [4.69, 9.17) is 16.3 Å². The van der Waals surface area contributed by atoms with Crippen molar-refractivity contribution in [1.82, 2.24) is 0 Å². The van der Waals surface area contributed by atoms with Crippen molar-refractivity contribution in [3.63, 3.8) is 0 Å². The summed E-state index contributed by atoms with van der Waals surface area (Å²) in [6, 6.07) is 7.41. The van der Waals surface area contributed by atoms with Crippen molar-refractivity contribution in [2.24, 2.45) is 0 Å². The van der Waals surface area contributed by atoms with E-state index in [9.17, 15) is 4.79 Å². The Hall–Kier alpha value is -1.02. The molecule has 0 bridgehead atoms. The van der Waals surface area contributed by atoms with Crippen molar-refractivity contribution >= 4 is 17.6 Å². The summed E-state index contributed by atoms with van der Waals surface area (Å²) in [4.78, 5) is 12.2. The molecule has 0 aliphatic carbocycles. The molecular formula is C15H21ClO2. The molecule has 1 atom stereocenters. The Morgan fingerprint density at radius 3 is 2.39 bits per heavy atom. The molecule has 0 radical (unpaired) electrons. The Kier molecular flexibility index (Phi) is 5.67. The second-order valence-electron chi connectivity index (χ2n) is 4.68. The number of hydrogen-bond acceptors (Lipinski definition) is 2. The minimum absolute atomic E-state index is 0.152. The van der Waals surface area contributed by atoms with E-state index in [1.54, 1.807) is 0 Å². The monoisotopic (exact) mass is 268 g/mol. The molecule has 1 aromatic carbocycles. The molecule has 100 valence electrons. The number of carbonyl (C=O) groups is 1. The number of ether oxygens (including phenoxy) is 1. The van der Waals surface area contributed by atoms with Crippen LogP contribution in [0.1, 0.15) is 45.6 Å². The van der Waals surface area contributed by atoms with Gasteiger partial charge in [-0.3, -0.25) is 4.79 Å². The van der Waals surface area contributed by atoms with Gasteiger partial charge >= 0.3 is 5.97 Å². The highest BCUT2D eigenvalue weighted by atomic mass is 35.5. The Morgan fingerprint density at radius 1 is 1.28 bits per heavy atom. The Balaban J connectivity index is 2.84. The Bertz CT molecular complexity index is 386. The van der Waals surface area contributed by atoms with Crippen LogP contribution >= 0.6 is 11.6 Å². The van der Waals surface area contributed by atoms with Gasteiger partial charge in [-0.1, -0.05) is 44.0 Å². The fourth-order valence-corrected chi connectivity index (χ4v) is 1.88. The lowest BCUT2D eigenvalue weighted by Gasteiger charge is -2.26. The highest BCUT2D eigenvalue weighted by Crippen LogP contribution is 2.30. The topological polar surface area (TPSA) is 26.3 Å². The van der Waals surface area contributed by atoms with Crippen molar-refractivity contribution in [3.05, 3.63) is 34.9 Å². The van der Waals surface area contributed by atoms with Crippen LogP contribution in [0.15, 0.2) is 24.3 Å². The maximum atomic E-state index is 12.2. The van der Waals surface area contributed by atoms with Crippen LogP contribution in [0.3, 0.4) is 0 Å². The summed E-state index contributed by atoms with van der Waals surface area (Å²) in [5.41, 5.74) is 0.370. The SMILES string of the molecule is CCCCOC(=O)C(C)(CC)c1ccc(Cl)cc1. The van der Waals surface area contributed by atoms with Crippen molar-refractivity contribution in [2.45, 2.75) is 45.4 Å². The van der Waals surface area contributed by atoms with Gasteiger partial charge in [-0.25, -0.2) is 0 Å². The first-order chi connectivity index (χ1) is 8.54. The fraction of sp³-hybridized carbons (Fsp3) is 0.533. The first-order valence-corrected chi connectivity index (χ1v) is 6.85. The molecular weight excluding hydrogens is 248 g/mol. The van der Waals surface area contributed by atoms with Gasteiger partial charge in [0, 0.05) is 5.02 Å². The summed E-state index contributed by atoms with van der Waals surface area (Å²) in [7, 11) is 0. The van der Waals surface area contributed by atoms with Gasteiger partial charge in [0.05, 0.1) is 12.0 Å². The number of rotatable bonds is 6. The summed E-state index contributed by atoms with van der Waals surface area (Å²) in [6.07, 6.45) is 2.64. The third-order valence-electron chi connectivity index (χ3n) is 3.37. The lowest BCUT2D eigenvalue weighted by molar-refractivity contribution is -0.150. The zero-order chi connectivity index (χ0) is 13.6. The third kappa shape index (κ3) is 3.49. The molecule has 18 heavy (non-hydrogen) atoms. The number of hydrogen-bond donors (Lipinski definition) is 0. The molecule has 0 aliphatic heterocycles. The van der Waals surface area contributed by atoms with Crippen LogP contribution in [0.5, 0.6) is 0 Å². The molecule has 0 N–H and O–H groups in total. The van der Waals surface area contributed by atoms with Gasteiger partial charge < -0.3 is 4.74 Å². The molecule has 1 aromatic rings. The predicted molar refractivity (Wildman–Crippen MR) is 75.0 cm³/mol. The summed E-state index contributed by atoms with van der Waals surface area (Å²) in [6.45, 7) is 6.49. The van der Waals surface area contributed by atoms with E-state index in [1.165, 1.54) is 0 Å². The number of benzene rings is 1. The van der Waals surface area contributed by atoms with Crippen molar-refractivity contribution in [3.8, 4) is 0 Å². The molecule has 2 nitrogen and oxygen atoms in total. The molecule has 0 heterocycles. The summed E-state index contributed by atoms with van der Waals surface area (Å²) in [5, 5.41) is 0.677. The molecule has 0 saturated heterocycles. The van der Waals surface area contributed by atoms with Crippen LogP contribution in [-0.4, -0.2) is 12.6 Å². The molecule has 0 amide bonds. The first-order valence-electron chi connectivity index (χ1n) is 6.48. The molecule has 0 saturated carbocycles. The largest absolute Gasteiger partial charge is 0.465 e. The van der Waals surface area contributed by atoms with Crippen LogP contribution in [0.2, 0.25) is 5.02 Å². The van der Waals surface area contributed by atoms with Gasteiger partial charge in [-0.15, -0.1) is 0 Å². The van der Waals surface area contributed by atoms with Gasteiger partial charge in [-0.05, 0) is 37.5 Å². The summed E-state index contributed by atoms with van der Waals surface area (Å²) in [5.74, 6) is -0.152. The zero-order valence-corrected chi connectivity index (χ0v) is 12.1. The van der Waals surface area contributed by atoms with E-state index < -0.39 is 5.41 Å². The van der Waals surface area contributed by atoms with E-state index in [0.29, 0.717) is 18.1 Å². The van der Waals surface area contributed by atoms with Gasteiger partial charge in [0.2, 0.25) is 0 Å². The molecule has 0 fully saturated rings. The molecule has 0 spiro atoms. The highest BCUT2D eigenvalue weighted by molar-refractivity contribution is 6.30. The quantitative estimate of drug-likeness (QED) is 0.566. The van der Waals surface area contributed by atoms with E-state index >= 15 is 0 Å². The van der Waals surface area contributed by atoms with Crippen molar-refractivity contribution < 1.29 is 9.53 Å². The maximum Gasteiger partial charge on any atom is 0.316 e. The van der Waals surface area contributed by atoms with Gasteiger partial charge in [0.1, 0.15) is 0 Å².